The van der Waals surface area contributed by atoms with Crippen LogP contribution in [0.4, 0.5) is 0 Å². The van der Waals surface area contributed by atoms with Crippen LogP contribution in [0.25, 0.3) is 0 Å². The van der Waals surface area contributed by atoms with Gasteiger partial charge in [0, 0.05) is 32.7 Å². The number of hydrogen-bond acceptors (Lipinski definition) is 5. The molecule has 25 heavy (non-hydrogen) atoms. The first-order valence-electron chi connectivity index (χ1n) is 8.98. The number of ether oxygens (including phenoxy) is 1. The SMILES string of the molecule is CC(C)(CCN1CCNCC1)Oc1ccc(S(=O)(=O)C(C)(C)C)cc1. The van der Waals surface area contributed by atoms with Crippen molar-refractivity contribution in [2.24, 2.45) is 0 Å². The average Bonchev–Trinajstić information content (AvgIpc) is 2.53. The molecule has 1 saturated heterocycles. The van der Waals surface area contributed by atoms with Crippen LogP contribution in [-0.2, 0) is 9.84 Å². The van der Waals surface area contributed by atoms with E-state index in [9.17, 15) is 8.42 Å². The van der Waals surface area contributed by atoms with Crippen LogP contribution >= 0.6 is 0 Å². The summed E-state index contributed by atoms with van der Waals surface area (Å²) in [5.41, 5.74) is -0.296. The van der Waals surface area contributed by atoms with E-state index in [1.54, 1.807) is 45.0 Å². The molecule has 0 amide bonds. The molecule has 142 valence electrons. The van der Waals surface area contributed by atoms with Gasteiger partial charge in [-0.3, -0.25) is 0 Å². The minimum absolute atomic E-state index is 0.296. The highest BCUT2D eigenvalue weighted by Crippen LogP contribution is 2.28. The lowest BCUT2D eigenvalue weighted by Crippen LogP contribution is -2.45. The van der Waals surface area contributed by atoms with Crippen molar-refractivity contribution >= 4 is 9.84 Å². The van der Waals surface area contributed by atoms with Crippen molar-refractivity contribution in [3.8, 4) is 5.75 Å². The summed E-state index contributed by atoms with van der Waals surface area (Å²) in [4.78, 5) is 2.78. The lowest BCUT2D eigenvalue weighted by atomic mass is 10.0. The van der Waals surface area contributed by atoms with Gasteiger partial charge in [-0.05, 0) is 65.3 Å². The monoisotopic (exact) mass is 368 g/mol. The molecular weight excluding hydrogens is 336 g/mol. The first kappa shape index (κ1) is 20.2. The number of piperazine rings is 1. The number of nitrogens with zero attached hydrogens (tertiary/aromatic N) is 1. The Balaban J connectivity index is 1.97. The molecule has 1 heterocycles. The van der Waals surface area contributed by atoms with Gasteiger partial charge in [0.15, 0.2) is 9.84 Å². The van der Waals surface area contributed by atoms with Crippen molar-refractivity contribution in [1.29, 1.82) is 0 Å². The second-order valence-electron chi connectivity index (χ2n) is 8.29. The van der Waals surface area contributed by atoms with Gasteiger partial charge in [0.2, 0.25) is 0 Å². The Labute approximate surface area is 152 Å². The fourth-order valence-corrected chi connectivity index (χ4v) is 3.97. The molecular formula is C19H32N2O3S. The second kappa shape index (κ2) is 7.64. The second-order valence-corrected chi connectivity index (χ2v) is 11.0. The molecule has 5 nitrogen and oxygen atoms in total. The standard InChI is InChI=1S/C19H32N2O3S/c1-18(2,3)25(22,23)17-8-6-16(7-9-17)24-19(4,5)10-13-21-14-11-20-12-15-21/h6-9,20H,10-15H2,1-5H3. The highest BCUT2D eigenvalue weighted by molar-refractivity contribution is 7.92. The molecule has 0 radical (unpaired) electrons. The quantitative estimate of drug-likeness (QED) is 0.837. The molecule has 0 atom stereocenters. The molecule has 1 fully saturated rings. The third-order valence-electron chi connectivity index (χ3n) is 4.57. The van der Waals surface area contributed by atoms with E-state index in [1.165, 1.54) is 0 Å². The van der Waals surface area contributed by atoms with Gasteiger partial charge in [0.05, 0.1) is 9.64 Å². The van der Waals surface area contributed by atoms with Crippen LogP contribution in [0.15, 0.2) is 29.2 Å². The van der Waals surface area contributed by atoms with Crippen LogP contribution in [0.3, 0.4) is 0 Å². The molecule has 6 heteroatoms. The maximum Gasteiger partial charge on any atom is 0.183 e. The van der Waals surface area contributed by atoms with Crippen molar-refractivity contribution in [3.05, 3.63) is 24.3 Å². The zero-order chi connectivity index (χ0) is 18.7. The van der Waals surface area contributed by atoms with Gasteiger partial charge >= 0.3 is 0 Å². The molecule has 0 bridgehead atoms. The van der Waals surface area contributed by atoms with E-state index in [2.05, 4.69) is 24.1 Å². The molecule has 1 aromatic rings. The summed E-state index contributed by atoms with van der Waals surface area (Å²) in [5, 5.41) is 3.36. The Morgan fingerprint density at radius 2 is 1.60 bits per heavy atom. The van der Waals surface area contributed by atoms with Gasteiger partial charge in [-0.1, -0.05) is 0 Å². The summed E-state index contributed by atoms with van der Waals surface area (Å²) >= 11 is 0. The van der Waals surface area contributed by atoms with E-state index in [0.29, 0.717) is 10.6 Å². The maximum absolute atomic E-state index is 12.5. The van der Waals surface area contributed by atoms with Crippen LogP contribution in [0, 0.1) is 0 Å². The first-order valence-corrected chi connectivity index (χ1v) is 10.5. The van der Waals surface area contributed by atoms with E-state index in [1.807, 2.05) is 0 Å². The molecule has 0 spiro atoms. The fourth-order valence-electron chi connectivity index (χ4n) is 2.77. The van der Waals surface area contributed by atoms with Crippen molar-refractivity contribution in [1.82, 2.24) is 10.2 Å². The fraction of sp³-hybridized carbons (Fsp3) is 0.684. The Kier molecular flexibility index (Phi) is 6.17. The van der Waals surface area contributed by atoms with E-state index in [4.69, 9.17) is 4.74 Å². The number of rotatable bonds is 6. The van der Waals surface area contributed by atoms with E-state index >= 15 is 0 Å². The number of hydrogen-bond donors (Lipinski definition) is 1. The normalized spacial score (nSPS) is 17.5. The van der Waals surface area contributed by atoms with Crippen molar-refractivity contribution in [3.63, 3.8) is 0 Å². The topological polar surface area (TPSA) is 58.6 Å². The molecule has 1 aliphatic heterocycles. The zero-order valence-corrected chi connectivity index (χ0v) is 16.9. The molecule has 1 aliphatic rings. The lowest BCUT2D eigenvalue weighted by molar-refractivity contribution is 0.0808. The van der Waals surface area contributed by atoms with Crippen molar-refractivity contribution in [2.75, 3.05) is 32.7 Å². The van der Waals surface area contributed by atoms with Gasteiger partial charge < -0.3 is 15.0 Å². The van der Waals surface area contributed by atoms with E-state index < -0.39 is 14.6 Å². The van der Waals surface area contributed by atoms with Gasteiger partial charge in [-0.2, -0.15) is 0 Å². The minimum Gasteiger partial charge on any atom is -0.488 e. The predicted octanol–water partition coefficient (Wildman–Crippen LogP) is 2.71. The average molecular weight is 369 g/mol. The van der Waals surface area contributed by atoms with Gasteiger partial charge in [-0.25, -0.2) is 8.42 Å². The summed E-state index contributed by atoms with van der Waals surface area (Å²) in [6.45, 7) is 14.6. The van der Waals surface area contributed by atoms with Crippen molar-refractivity contribution in [2.45, 2.75) is 56.3 Å². The van der Waals surface area contributed by atoms with Crippen LogP contribution in [0.5, 0.6) is 5.75 Å². The summed E-state index contributed by atoms with van der Waals surface area (Å²) in [6.07, 6.45) is 0.926. The Hall–Kier alpha value is -1.11. The summed E-state index contributed by atoms with van der Waals surface area (Å²) < 4.78 is 30.3. The lowest BCUT2D eigenvalue weighted by Gasteiger charge is -2.32. The molecule has 2 rings (SSSR count). The maximum atomic E-state index is 12.5. The Bertz CT molecular complexity index is 655. The largest absolute Gasteiger partial charge is 0.488 e. The molecule has 0 saturated carbocycles. The zero-order valence-electron chi connectivity index (χ0n) is 16.1. The highest BCUT2D eigenvalue weighted by atomic mass is 32.2. The highest BCUT2D eigenvalue weighted by Gasteiger charge is 2.31. The minimum atomic E-state index is -3.33. The molecule has 0 aromatic heterocycles. The van der Waals surface area contributed by atoms with Crippen LogP contribution in [0.1, 0.15) is 41.0 Å². The Morgan fingerprint density at radius 3 is 2.12 bits per heavy atom. The van der Waals surface area contributed by atoms with Crippen LogP contribution in [-0.4, -0.2) is 56.4 Å². The molecule has 1 N–H and O–H groups in total. The third-order valence-corrected chi connectivity index (χ3v) is 7.08. The number of nitrogens with one attached hydrogen (secondary N) is 1. The van der Waals surface area contributed by atoms with E-state index in [-0.39, 0.29) is 5.60 Å². The Morgan fingerprint density at radius 1 is 1.04 bits per heavy atom. The van der Waals surface area contributed by atoms with Crippen LogP contribution < -0.4 is 10.1 Å². The molecule has 0 unspecified atom stereocenters. The third kappa shape index (κ3) is 5.43. The van der Waals surface area contributed by atoms with E-state index in [0.717, 1.165) is 39.1 Å². The van der Waals surface area contributed by atoms with Gasteiger partial charge in [0.25, 0.3) is 0 Å². The van der Waals surface area contributed by atoms with Gasteiger partial charge in [-0.15, -0.1) is 0 Å². The number of benzene rings is 1. The number of sulfone groups is 1. The summed E-state index contributed by atoms with van der Waals surface area (Å²) in [7, 11) is -3.33. The molecule has 0 aliphatic carbocycles. The molecule has 1 aromatic carbocycles. The van der Waals surface area contributed by atoms with Gasteiger partial charge in [0.1, 0.15) is 11.4 Å². The van der Waals surface area contributed by atoms with Crippen LogP contribution in [0.2, 0.25) is 0 Å². The first-order chi connectivity index (χ1) is 11.5. The summed E-state index contributed by atoms with van der Waals surface area (Å²) in [5.74, 6) is 0.707. The summed E-state index contributed by atoms with van der Waals surface area (Å²) in [6, 6.07) is 6.79. The predicted molar refractivity (Wildman–Crippen MR) is 102 cm³/mol. The van der Waals surface area contributed by atoms with Crippen molar-refractivity contribution < 1.29 is 13.2 Å². The smallest absolute Gasteiger partial charge is 0.183 e.